The van der Waals surface area contributed by atoms with Gasteiger partial charge in [-0.1, -0.05) is 17.7 Å². The van der Waals surface area contributed by atoms with Crippen molar-refractivity contribution in [3.8, 4) is 0 Å². The van der Waals surface area contributed by atoms with Crippen LogP contribution in [0.2, 0.25) is 5.02 Å². The maximum atomic E-state index is 14.5. The van der Waals surface area contributed by atoms with E-state index in [1.54, 1.807) is 6.20 Å². The van der Waals surface area contributed by atoms with Gasteiger partial charge >= 0.3 is 5.97 Å². The third-order valence-electron chi connectivity index (χ3n) is 6.37. The number of pyridine rings is 2. The Kier molecular flexibility index (Phi) is 5.26. The van der Waals surface area contributed by atoms with Crippen molar-refractivity contribution >= 4 is 34.6 Å². The minimum atomic E-state index is -1.16. The number of halogens is 2. The molecule has 1 amide bonds. The van der Waals surface area contributed by atoms with Gasteiger partial charge in [-0.05, 0) is 42.5 Å². The number of hydrogen-bond donors (Lipinski definition) is 2. The Morgan fingerprint density at radius 3 is 2.78 bits per heavy atom. The van der Waals surface area contributed by atoms with E-state index in [0.29, 0.717) is 17.3 Å². The molecule has 0 saturated heterocycles. The van der Waals surface area contributed by atoms with E-state index < -0.39 is 17.7 Å². The summed E-state index contributed by atoms with van der Waals surface area (Å²) in [5.74, 6) is -1.69. The molecule has 1 fully saturated rings. The Morgan fingerprint density at radius 2 is 2.00 bits per heavy atom. The summed E-state index contributed by atoms with van der Waals surface area (Å²) in [4.78, 5) is 33.4. The molecule has 6 rings (SSSR count). The molecule has 2 N–H and O–H groups in total. The van der Waals surface area contributed by atoms with Crippen molar-refractivity contribution in [1.29, 1.82) is 0 Å². The smallest absolute Gasteiger partial charge is 0.352 e. The molecular formula is C25H20ClFN6O3. The molecule has 182 valence electrons. The second-order valence-corrected chi connectivity index (χ2v) is 9.30. The van der Waals surface area contributed by atoms with Crippen LogP contribution in [0.3, 0.4) is 0 Å². The van der Waals surface area contributed by atoms with Gasteiger partial charge in [0.25, 0.3) is 5.91 Å². The summed E-state index contributed by atoms with van der Waals surface area (Å²) in [6.45, 7) is 0.126. The van der Waals surface area contributed by atoms with Crippen LogP contribution in [0.15, 0.2) is 55.4 Å². The first-order valence-electron chi connectivity index (χ1n) is 11.4. The Morgan fingerprint density at radius 1 is 1.17 bits per heavy atom. The van der Waals surface area contributed by atoms with Crippen molar-refractivity contribution in [2.45, 2.75) is 31.8 Å². The number of aromatic nitrogens is 5. The van der Waals surface area contributed by atoms with E-state index in [1.165, 1.54) is 52.0 Å². The maximum Gasteiger partial charge on any atom is 0.352 e. The minimum Gasteiger partial charge on any atom is -0.477 e. The largest absolute Gasteiger partial charge is 0.477 e. The lowest BCUT2D eigenvalue weighted by molar-refractivity contribution is 0.0685. The van der Waals surface area contributed by atoms with E-state index in [-0.39, 0.29) is 34.9 Å². The van der Waals surface area contributed by atoms with Gasteiger partial charge in [0.2, 0.25) is 0 Å². The Bertz CT molecular complexity index is 1670. The zero-order chi connectivity index (χ0) is 25.0. The second kappa shape index (κ2) is 8.49. The Hall–Kier alpha value is -4.18. The summed E-state index contributed by atoms with van der Waals surface area (Å²) in [5, 5.41) is 12.3. The predicted molar refractivity (Wildman–Crippen MR) is 129 cm³/mol. The van der Waals surface area contributed by atoms with Crippen molar-refractivity contribution < 1.29 is 19.1 Å². The van der Waals surface area contributed by atoms with Crippen molar-refractivity contribution in [3.63, 3.8) is 0 Å². The van der Waals surface area contributed by atoms with Gasteiger partial charge in [-0.2, -0.15) is 0 Å². The molecule has 0 aromatic carbocycles. The maximum absolute atomic E-state index is 14.5. The summed E-state index contributed by atoms with van der Waals surface area (Å²) in [5.41, 5.74) is 3.31. The van der Waals surface area contributed by atoms with Crippen LogP contribution in [0.4, 0.5) is 4.39 Å². The van der Waals surface area contributed by atoms with E-state index in [4.69, 9.17) is 11.6 Å². The van der Waals surface area contributed by atoms with E-state index in [2.05, 4.69) is 27.5 Å². The fraction of sp³-hybridized carbons (Fsp3) is 0.200. The molecule has 1 aliphatic carbocycles. The van der Waals surface area contributed by atoms with Crippen molar-refractivity contribution in [1.82, 2.24) is 28.7 Å². The van der Waals surface area contributed by atoms with Gasteiger partial charge in [-0.15, -0.1) is 0 Å². The lowest BCUT2D eigenvalue weighted by atomic mass is 10.2. The monoisotopic (exact) mass is 506 g/mol. The number of hydrogen-bond acceptors (Lipinski definition) is 4. The third kappa shape index (κ3) is 3.99. The van der Waals surface area contributed by atoms with Gasteiger partial charge < -0.3 is 23.8 Å². The van der Waals surface area contributed by atoms with Crippen LogP contribution in [0, 0.1) is 5.82 Å². The molecule has 0 atom stereocenters. The number of carboxylic acid groups (broad SMARTS) is 1. The summed E-state index contributed by atoms with van der Waals surface area (Å²) in [7, 11) is 0. The SMILES string of the molecule is O=C(NCc1ncn2ccc(Cl)c(F)c12)c1cc(C(=O)O)n(Cc2cn3cc(C4CC4)ccc3n2)c1. The third-order valence-corrected chi connectivity index (χ3v) is 6.66. The van der Waals surface area contributed by atoms with Gasteiger partial charge in [-0.3, -0.25) is 4.79 Å². The van der Waals surface area contributed by atoms with Crippen molar-refractivity contribution in [2.24, 2.45) is 0 Å². The average Bonchev–Trinajstić information content (AvgIpc) is 3.30. The van der Waals surface area contributed by atoms with Crippen LogP contribution < -0.4 is 5.32 Å². The van der Waals surface area contributed by atoms with E-state index in [1.807, 2.05) is 16.7 Å². The molecule has 1 aliphatic rings. The summed E-state index contributed by atoms with van der Waals surface area (Å²) >= 11 is 5.87. The fourth-order valence-electron chi connectivity index (χ4n) is 4.40. The summed E-state index contributed by atoms with van der Waals surface area (Å²) in [6.07, 6.45) is 10.8. The first-order valence-corrected chi connectivity index (χ1v) is 11.7. The van der Waals surface area contributed by atoms with Crippen LogP contribution >= 0.6 is 11.6 Å². The lowest BCUT2D eigenvalue weighted by Crippen LogP contribution is -2.22. The van der Waals surface area contributed by atoms with Gasteiger partial charge in [0.05, 0.1) is 41.4 Å². The lowest BCUT2D eigenvalue weighted by Gasteiger charge is -2.04. The molecule has 36 heavy (non-hydrogen) atoms. The summed E-state index contributed by atoms with van der Waals surface area (Å²) < 4.78 is 19.4. The molecule has 11 heteroatoms. The van der Waals surface area contributed by atoms with Gasteiger partial charge in [0.15, 0.2) is 5.82 Å². The predicted octanol–water partition coefficient (Wildman–Crippen LogP) is 4.13. The summed E-state index contributed by atoms with van der Waals surface area (Å²) in [6, 6.07) is 6.76. The first kappa shape index (κ1) is 22.3. The minimum absolute atomic E-state index is 0.0406. The van der Waals surface area contributed by atoms with Gasteiger partial charge in [-0.25, -0.2) is 19.2 Å². The highest BCUT2D eigenvalue weighted by atomic mass is 35.5. The molecule has 0 radical (unpaired) electrons. The molecule has 1 saturated carbocycles. The van der Waals surface area contributed by atoms with E-state index >= 15 is 0 Å². The number of amides is 1. The number of imidazole rings is 2. The molecule has 5 aromatic rings. The van der Waals surface area contributed by atoms with E-state index in [9.17, 15) is 19.1 Å². The number of nitrogens with one attached hydrogen (secondary N) is 1. The van der Waals surface area contributed by atoms with Crippen LogP contribution in [-0.4, -0.2) is 40.3 Å². The number of carboxylic acids is 1. The molecule has 5 heterocycles. The topological polar surface area (TPSA) is 106 Å². The Labute approximate surface area is 208 Å². The molecule has 0 spiro atoms. The van der Waals surface area contributed by atoms with Gasteiger partial charge in [0, 0.05) is 24.8 Å². The van der Waals surface area contributed by atoms with Crippen LogP contribution in [0.5, 0.6) is 0 Å². The number of aromatic carboxylic acids is 1. The number of fused-ring (bicyclic) bond motifs is 2. The zero-order valence-corrected chi connectivity index (χ0v) is 19.6. The fourth-order valence-corrected chi connectivity index (χ4v) is 4.54. The number of carbonyl (C=O) groups excluding carboxylic acids is 1. The Balaban J connectivity index is 1.22. The standard InChI is InChI=1S/C25H20ClFN6O3/c26-18-5-6-31-13-29-19(23(31)22(18)27)8-28-24(34)16-7-20(25(35)36)32(10-16)11-17-12-33-9-15(14-1-2-14)3-4-21(33)30-17/h3-7,9-10,12-14H,1-2,8,11H2,(H,28,34)(H,35,36). The molecule has 9 nitrogen and oxygen atoms in total. The van der Waals surface area contributed by atoms with Crippen molar-refractivity contribution in [2.75, 3.05) is 0 Å². The normalized spacial score (nSPS) is 13.5. The number of rotatable bonds is 7. The van der Waals surface area contributed by atoms with Gasteiger partial charge in [0.1, 0.15) is 16.9 Å². The van der Waals surface area contributed by atoms with Crippen LogP contribution in [0.25, 0.3) is 11.2 Å². The average molecular weight is 507 g/mol. The number of carbonyl (C=O) groups is 2. The highest BCUT2D eigenvalue weighted by molar-refractivity contribution is 6.31. The van der Waals surface area contributed by atoms with Crippen LogP contribution in [-0.2, 0) is 13.1 Å². The molecule has 0 bridgehead atoms. The van der Waals surface area contributed by atoms with Crippen LogP contribution in [0.1, 0.15) is 56.6 Å². The number of nitrogens with zero attached hydrogens (tertiary/aromatic N) is 5. The second-order valence-electron chi connectivity index (χ2n) is 8.89. The molecule has 0 aliphatic heterocycles. The quantitative estimate of drug-likeness (QED) is 0.345. The highest BCUT2D eigenvalue weighted by Gasteiger charge is 2.24. The molecule has 0 unspecified atom stereocenters. The van der Waals surface area contributed by atoms with E-state index in [0.717, 1.165) is 5.65 Å². The molecular weight excluding hydrogens is 487 g/mol. The van der Waals surface area contributed by atoms with Crippen molar-refractivity contribution in [3.05, 3.63) is 94.4 Å². The first-order chi connectivity index (χ1) is 17.4. The zero-order valence-electron chi connectivity index (χ0n) is 18.9. The molecule has 5 aromatic heterocycles. The highest BCUT2D eigenvalue weighted by Crippen LogP contribution is 2.39.